The van der Waals surface area contributed by atoms with Gasteiger partial charge >= 0.3 is 0 Å². The Morgan fingerprint density at radius 1 is 1.48 bits per heavy atom. The van der Waals surface area contributed by atoms with Gasteiger partial charge in [0.15, 0.2) is 11.8 Å². The minimum Gasteiger partial charge on any atom is -0.354 e. The highest BCUT2D eigenvalue weighted by Crippen LogP contribution is 2.29. The third kappa shape index (κ3) is 6.01. The van der Waals surface area contributed by atoms with Crippen LogP contribution >= 0.6 is 35.7 Å². The topological polar surface area (TPSA) is 75.3 Å². The first-order valence-electron chi connectivity index (χ1n) is 7.09. The van der Waals surface area contributed by atoms with Crippen molar-refractivity contribution in [1.29, 1.82) is 0 Å². The van der Waals surface area contributed by atoms with E-state index in [9.17, 15) is 0 Å². The van der Waals surface area contributed by atoms with Crippen molar-refractivity contribution in [1.82, 2.24) is 20.8 Å². The minimum atomic E-state index is 0. The van der Waals surface area contributed by atoms with Crippen LogP contribution in [0.15, 0.2) is 9.52 Å². The number of aromatic nitrogens is 2. The van der Waals surface area contributed by atoms with Crippen molar-refractivity contribution in [2.45, 2.75) is 50.9 Å². The van der Waals surface area contributed by atoms with Crippen LogP contribution in [0.2, 0.25) is 0 Å². The van der Waals surface area contributed by atoms with E-state index in [1.54, 1.807) is 14.0 Å². The molecule has 0 spiro atoms. The summed E-state index contributed by atoms with van der Waals surface area (Å²) in [6, 6.07) is 0.511. The lowest BCUT2D eigenvalue weighted by Gasteiger charge is -2.16. The summed E-state index contributed by atoms with van der Waals surface area (Å²) in [5.41, 5.74) is 0. The van der Waals surface area contributed by atoms with Gasteiger partial charge in [-0.2, -0.15) is 16.7 Å². The molecule has 1 aromatic heterocycles. The molecule has 1 saturated carbocycles. The zero-order valence-corrected chi connectivity index (χ0v) is 15.9. The van der Waals surface area contributed by atoms with E-state index in [1.165, 1.54) is 25.0 Å². The lowest BCUT2D eigenvalue weighted by molar-refractivity contribution is 0.386. The molecule has 1 fully saturated rings. The van der Waals surface area contributed by atoms with Gasteiger partial charge in [-0.05, 0) is 25.0 Å². The second-order valence-electron chi connectivity index (χ2n) is 4.89. The van der Waals surface area contributed by atoms with E-state index in [4.69, 9.17) is 4.52 Å². The Balaban J connectivity index is 0.00000220. The Kier molecular flexibility index (Phi) is 8.38. The molecule has 6 nitrogen and oxygen atoms in total. The number of nitrogens with one attached hydrogen (secondary N) is 2. The normalized spacial score (nSPS) is 22.0. The number of halogens is 1. The second kappa shape index (κ2) is 9.50. The summed E-state index contributed by atoms with van der Waals surface area (Å²) in [7, 11) is 1.78. The van der Waals surface area contributed by atoms with Gasteiger partial charge in [-0.25, -0.2) is 0 Å². The summed E-state index contributed by atoms with van der Waals surface area (Å²) in [5.74, 6) is 3.23. The van der Waals surface area contributed by atoms with Gasteiger partial charge in [0.05, 0.1) is 6.54 Å². The monoisotopic (exact) mass is 425 g/mol. The second-order valence-corrected chi connectivity index (χ2v) is 6.46. The third-order valence-corrected chi connectivity index (χ3v) is 4.57. The first kappa shape index (κ1) is 18.5. The highest BCUT2D eigenvalue weighted by atomic mass is 127. The Bertz CT molecular complexity index is 454. The molecule has 21 heavy (non-hydrogen) atoms. The molecular formula is C13H24IN5OS. The van der Waals surface area contributed by atoms with Gasteiger partial charge in [-0.3, -0.25) is 4.99 Å². The summed E-state index contributed by atoms with van der Waals surface area (Å²) in [6.45, 7) is 4.53. The average molecular weight is 425 g/mol. The van der Waals surface area contributed by atoms with Crippen LogP contribution in [0.25, 0.3) is 0 Å². The van der Waals surface area contributed by atoms with Crippen molar-refractivity contribution in [3.05, 3.63) is 11.7 Å². The largest absolute Gasteiger partial charge is 0.354 e. The lowest BCUT2D eigenvalue weighted by Crippen LogP contribution is -2.42. The van der Waals surface area contributed by atoms with Gasteiger partial charge in [0, 0.05) is 25.3 Å². The summed E-state index contributed by atoms with van der Waals surface area (Å²) in [6.07, 6.45) is 3.71. The van der Waals surface area contributed by atoms with Crippen LogP contribution in [0.5, 0.6) is 0 Å². The fourth-order valence-corrected chi connectivity index (χ4v) is 3.56. The van der Waals surface area contributed by atoms with Crippen LogP contribution < -0.4 is 10.6 Å². The number of aryl methyl sites for hydroxylation is 1. The zero-order valence-electron chi connectivity index (χ0n) is 12.8. The summed E-state index contributed by atoms with van der Waals surface area (Å²) in [5, 5.41) is 11.3. The number of guanidine groups is 1. The van der Waals surface area contributed by atoms with Crippen LogP contribution in [-0.4, -0.2) is 40.2 Å². The Hall–Kier alpha value is -0.510. The number of nitrogens with zero attached hydrogens (tertiary/aromatic N) is 3. The van der Waals surface area contributed by atoms with Crippen LogP contribution in [0.1, 0.15) is 37.9 Å². The zero-order chi connectivity index (χ0) is 14.4. The van der Waals surface area contributed by atoms with E-state index in [0.29, 0.717) is 24.3 Å². The smallest absolute Gasteiger partial charge is 0.223 e. The quantitative estimate of drug-likeness (QED) is 0.429. The summed E-state index contributed by atoms with van der Waals surface area (Å²) < 4.78 is 4.94. The minimum absolute atomic E-state index is 0. The van der Waals surface area contributed by atoms with Gasteiger partial charge in [-0.1, -0.05) is 12.1 Å². The third-order valence-electron chi connectivity index (χ3n) is 3.33. The Labute approximate surface area is 147 Å². The number of thioether (sulfide) groups is 1. The van der Waals surface area contributed by atoms with Gasteiger partial charge in [-0.15, -0.1) is 24.0 Å². The first-order valence-corrected chi connectivity index (χ1v) is 8.14. The van der Waals surface area contributed by atoms with E-state index in [1.807, 2.05) is 0 Å². The maximum Gasteiger partial charge on any atom is 0.223 e. The summed E-state index contributed by atoms with van der Waals surface area (Å²) in [4.78, 5) is 8.40. The van der Waals surface area contributed by atoms with Gasteiger partial charge < -0.3 is 15.2 Å². The maximum absolute atomic E-state index is 4.94. The van der Waals surface area contributed by atoms with Crippen LogP contribution in [0, 0.1) is 6.92 Å². The van der Waals surface area contributed by atoms with Crippen molar-refractivity contribution < 1.29 is 4.52 Å². The molecule has 2 unspecified atom stereocenters. The molecule has 120 valence electrons. The molecule has 1 heterocycles. The Morgan fingerprint density at radius 2 is 2.29 bits per heavy atom. The van der Waals surface area contributed by atoms with Crippen molar-refractivity contribution in [2.75, 3.05) is 12.8 Å². The molecule has 8 heteroatoms. The molecule has 1 aliphatic rings. The van der Waals surface area contributed by atoms with Gasteiger partial charge in [0.1, 0.15) is 0 Å². The van der Waals surface area contributed by atoms with E-state index in [0.717, 1.165) is 11.2 Å². The SMILES string of the molecule is CCSC1CCC(NC(=NC)NCc2noc(C)n2)C1.I. The molecule has 0 aromatic carbocycles. The molecule has 2 rings (SSSR count). The Morgan fingerprint density at radius 3 is 2.90 bits per heavy atom. The molecule has 0 amide bonds. The number of hydrogen-bond acceptors (Lipinski definition) is 5. The molecular weight excluding hydrogens is 401 g/mol. The average Bonchev–Trinajstić information content (AvgIpc) is 3.04. The van der Waals surface area contributed by atoms with Crippen LogP contribution in [-0.2, 0) is 6.54 Å². The molecule has 1 aliphatic carbocycles. The molecule has 2 atom stereocenters. The fourth-order valence-electron chi connectivity index (χ4n) is 2.42. The van der Waals surface area contributed by atoms with Crippen molar-refractivity contribution >= 4 is 41.7 Å². The number of aliphatic imine (C=N–C) groups is 1. The number of rotatable bonds is 5. The predicted molar refractivity (Wildman–Crippen MR) is 97.3 cm³/mol. The first-order chi connectivity index (χ1) is 9.71. The van der Waals surface area contributed by atoms with Crippen molar-refractivity contribution in [2.24, 2.45) is 4.99 Å². The van der Waals surface area contributed by atoms with E-state index in [2.05, 4.69) is 44.5 Å². The van der Waals surface area contributed by atoms with Gasteiger partial charge in [0.2, 0.25) is 5.89 Å². The highest BCUT2D eigenvalue weighted by molar-refractivity contribution is 14.0. The maximum atomic E-state index is 4.94. The number of hydrogen-bond donors (Lipinski definition) is 2. The predicted octanol–water partition coefficient (Wildman–Crippen LogP) is 2.34. The van der Waals surface area contributed by atoms with E-state index in [-0.39, 0.29) is 24.0 Å². The highest BCUT2D eigenvalue weighted by Gasteiger charge is 2.25. The van der Waals surface area contributed by atoms with Crippen LogP contribution in [0.4, 0.5) is 0 Å². The molecule has 0 aliphatic heterocycles. The van der Waals surface area contributed by atoms with Crippen molar-refractivity contribution in [3.63, 3.8) is 0 Å². The molecule has 0 saturated heterocycles. The van der Waals surface area contributed by atoms with Gasteiger partial charge in [0.25, 0.3) is 0 Å². The molecule has 2 N–H and O–H groups in total. The van der Waals surface area contributed by atoms with Crippen molar-refractivity contribution in [3.8, 4) is 0 Å². The van der Waals surface area contributed by atoms with E-state index >= 15 is 0 Å². The van der Waals surface area contributed by atoms with Crippen LogP contribution in [0.3, 0.4) is 0 Å². The lowest BCUT2D eigenvalue weighted by atomic mass is 10.2. The molecule has 0 radical (unpaired) electrons. The summed E-state index contributed by atoms with van der Waals surface area (Å²) >= 11 is 2.06. The van der Waals surface area contributed by atoms with E-state index < -0.39 is 0 Å². The molecule has 0 bridgehead atoms. The fraction of sp³-hybridized carbons (Fsp3) is 0.769. The standard InChI is InChI=1S/C13H23N5OS.HI/c1-4-20-11-6-5-10(7-11)17-13(14-3)15-8-12-16-9(2)19-18-12;/h10-11H,4-8H2,1-3H3,(H2,14,15,17);1H. The molecule has 1 aromatic rings.